The highest BCUT2D eigenvalue weighted by Gasteiger charge is 2.31. The van der Waals surface area contributed by atoms with Crippen LogP contribution >= 0.6 is 15.9 Å². The quantitative estimate of drug-likeness (QED) is 0.387. The average Bonchev–Trinajstić information content (AvgIpc) is 2.11. The normalized spacial score (nSPS) is 38.7. The number of hydrogen-bond donors (Lipinski definition) is 0. The number of allylic oxidation sites excluding steroid dienone is 4. The van der Waals surface area contributed by atoms with Crippen molar-refractivity contribution in [3.05, 3.63) is 23.9 Å². The summed E-state index contributed by atoms with van der Waals surface area (Å²) < 4.78 is 22.5. The zero-order valence-corrected chi connectivity index (χ0v) is 8.13. The van der Waals surface area contributed by atoms with Crippen molar-refractivity contribution < 1.29 is 8.91 Å². The van der Waals surface area contributed by atoms with Crippen LogP contribution in [0.5, 0.6) is 0 Å². The van der Waals surface area contributed by atoms with Gasteiger partial charge in [-0.05, 0) is 6.08 Å². The van der Waals surface area contributed by atoms with Gasteiger partial charge in [0.1, 0.15) is 0 Å². The number of alkyl halides is 1. The standard InChI is InChI=1S/C9H10BrNO/c1-9(2)7(10)4-3-5-8(9)11-6-12/h3-5,7H,1-2H3/i1D3. The average molecular weight is 231 g/mol. The maximum absolute atomic E-state index is 10.2. The minimum absolute atomic E-state index is 0.224. The lowest BCUT2D eigenvalue weighted by Crippen LogP contribution is -2.26. The summed E-state index contributed by atoms with van der Waals surface area (Å²) in [5.41, 5.74) is -0.971. The van der Waals surface area contributed by atoms with Gasteiger partial charge in [-0.2, -0.15) is 4.99 Å². The first-order valence-corrected chi connectivity index (χ1v) is 4.36. The number of halogens is 1. The zero-order valence-electron chi connectivity index (χ0n) is 9.54. The zero-order chi connectivity index (χ0) is 11.7. The lowest BCUT2D eigenvalue weighted by atomic mass is 9.83. The Labute approximate surface area is 84.4 Å². The molecule has 2 atom stereocenters. The van der Waals surface area contributed by atoms with Gasteiger partial charge in [-0.1, -0.05) is 41.9 Å². The van der Waals surface area contributed by atoms with Crippen LogP contribution in [0.3, 0.4) is 0 Å². The minimum Gasteiger partial charge on any atom is -0.211 e. The highest BCUT2D eigenvalue weighted by atomic mass is 79.9. The first-order valence-electron chi connectivity index (χ1n) is 4.95. The molecule has 0 aromatic rings. The number of nitrogens with zero attached hydrogens (tertiary/aromatic N) is 1. The van der Waals surface area contributed by atoms with Gasteiger partial charge in [0, 0.05) is 14.4 Å². The van der Waals surface area contributed by atoms with Crippen LogP contribution < -0.4 is 0 Å². The van der Waals surface area contributed by atoms with Gasteiger partial charge in [0.15, 0.2) is 0 Å². The second-order valence-electron chi connectivity index (χ2n) is 2.74. The highest BCUT2D eigenvalue weighted by molar-refractivity contribution is 9.09. The van der Waals surface area contributed by atoms with Crippen LogP contribution in [-0.4, -0.2) is 10.9 Å². The first kappa shape index (κ1) is 5.90. The van der Waals surface area contributed by atoms with E-state index in [1.807, 2.05) is 0 Å². The largest absolute Gasteiger partial charge is 0.240 e. The summed E-state index contributed by atoms with van der Waals surface area (Å²) in [6.45, 7) is -0.687. The smallest absolute Gasteiger partial charge is 0.211 e. The fourth-order valence-electron chi connectivity index (χ4n) is 0.954. The molecule has 0 fully saturated rings. The molecule has 2 nitrogen and oxygen atoms in total. The summed E-state index contributed by atoms with van der Waals surface area (Å²) in [4.78, 5) is 13.3. The second kappa shape index (κ2) is 3.38. The minimum atomic E-state index is -2.24. The van der Waals surface area contributed by atoms with Gasteiger partial charge in [-0.25, -0.2) is 4.79 Å². The van der Waals surface area contributed by atoms with Crippen molar-refractivity contribution in [3.63, 3.8) is 0 Å². The molecule has 0 aromatic carbocycles. The molecule has 1 aliphatic carbocycles. The van der Waals surface area contributed by atoms with Crippen LogP contribution in [0.15, 0.2) is 28.9 Å². The Kier molecular flexibility index (Phi) is 1.66. The van der Waals surface area contributed by atoms with E-state index < -0.39 is 12.3 Å². The van der Waals surface area contributed by atoms with Crippen LogP contribution in [0.4, 0.5) is 0 Å². The number of rotatable bonds is 1. The van der Waals surface area contributed by atoms with Crippen molar-refractivity contribution in [1.82, 2.24) is 0 Å². The van der Waals surface area contributed by atoms with E-state index in [4.69, 9.17) is 4.11 Å². The van der Waals surface area contributed by atoms with Crippen molar-refractivity contribution in [2.45, 2.75) is 18.6 Å². The van der Waals surface area contributed by atoms with Crippen molar-refractivity contribution >= 4 is 22.0 Å². The van der Waals surface area contributed by atoms with E-state index in [9.17, 15) is 4.79 Å². The van der Waals surface area contributed by atoms with Crippen molar-refractivity contribution in [2.75, 3.05) is 0 Å². The second-order valence-corrected chi connectivity index (χ2v) is 3.73. The molecule has 0 heterocycles. The maximum Gasteiger partial charge on any atom is 0.240 e. The molecule has 0 radical (unpaired) electrons. The molecule has 0 bridgehead atoms. The van der Waals surface area contributed by atoms with Gasteiger partial charge >= 0.3 is 0 Å². The topological polar surface area (TPSA) is 29.4 Å². The molecule has 0 saturated carbocycles. The molecule has 64 valence electrons. The predicted octanol–water partition coefficient (Wildman–Crippen LogP) is 2.57. The van der Waals surface area contributed by atoms with Crippen molar-refractivity contribution in [3.8, 4) is 0 Å². The van der Waals surface area contributed by atoms with E-state index in [0.717, 1.165) is 0 Å². The monoisotopic (exact) mass is 230 g/mol. The Morgan fingerprint density at radius 1 is 1.92 bits per heavy atom. The molecule has 0 spiro atoms. The van der Waals surface area contributed by atoms with Crippen LogP contribution in [-0.2, 0) is 4.79 Å². The third-order valence-electron chi connectivity index (χ3n) is 1.78. The Balaban J connectivity index is 3.29. The van der Waals surface area contributed by atoms with Crippen LogP contribution in [0.2, 0.25) is 0 Å². The van der Waals surface area contributed by atoms with Crippen molar-refractivity contribution in [2.24, 2.45) is 10.4 Å². The Hall–Kier alpha value is -0.660. The van der Waals surface area contributed by atoms with Gasteiger partial charge in [0.2, 0.25) is 6.08 Å². The Morgan fingerprint density at radius 3 is 3.25 bits per heavy atom. The number of hydrogen-bond acceptors (Lipinski definition) is 2. The summed E-state index contributed by atoms with van der Waals surface area (Å²) in [5, 5.41) is 0. The lowest BCUT2D eigenvalue weighted by molar-refractivity contribution is 0.459. The number of carbonyl (C=O) groups excluding carboxylic acids is 1. The molecule has 0 aromatic heterocycles. The molecular formula is C9H10BrNO. The molecule has 0 saturated heterocycles. The molecule has 0 N–H and O–H groups in total. The molecule has 2 unspecified atom stereocenters. The predicted molar refractivity (Wildman–Crippen MR) is 51.8 cm³/mol. The number of isocyanates is 1. The van der Waals surface area contributed by atoms with E-state index in [0.29, 0.717) is 0 Å². The van der Waals surface area contributed by atoms with Crippen LogP contribution in [0, 0.1) is 5.41 Å². The molecular weight excluding hydrogens is 218 g/mol. The van der Waals surface area contributed by atoms with E-state index >= 15 is 0 Å². The SMILES string of the molecule is [2H]C([2H])([2H])C1(C)C(N=C=O)=CC=CC1Br. The van der Waals surface area contributed by atoms with Gasteiger partial charge in [0.05, 0.1) is 5.70 Å². The maximum atomic E-state index is 10.2. The van der Waals surface area contributed by atoms with E-state index in [1.54, 1.807) is 19.1 Å². The summed E-state index contributed by atoms with van der Waals surface area (Å²) in [6.07, 6.45) is 6.30. The van der Waals surface area contributed by atoms with Gasteiger partial charge in [0.25, 0.3) is 0 Å². The summed E-state index contributed by atoms with van der Waals surface area (Å²) in [6, 6.07) is 0. The van der Waals surface area contributed by atoms with Gasteiger partial charge < -0.3 is 0 Å². The number of aliphatic imine (C=N–C) groups is 1. The molecule has 3 heteroatoms. The fourth-order valence-corrected chi connectivity index (χ4v) is 1.36. The fraction of sp³-hybridized carbons (Fsp3) is 0.444. The molecule has 0 aliphatic heterocycles. The third-order valence-corrected chi connectivity index (χ3v) is 3.00. The van der Waals surface area contributed by atoms with Gasteiger partial charge in [-0.3, -0.25) is 0 Å². The summed E-state index contributed by atoms with van der Waals surface area (Å²) >= 11 is 3.28. The summed E-state index contributed by atoms with van der Waals surface area (Å²) in [7, 11) is 0. The van der Waals surface area contributed by atoms with E-state index in [1.165, 1.54) is 12.2 Å². The molecule has 12 heavy (non-hydrogen) atoms. The summed E-state index contributed by atoms with van der Waals surface area (Å²) in [5.74, 6) is 0. The molecule has 0 amide bonds. The molecule has 1 aliphatic rings. The Bertz CT molecular complexity index is 368. The first-order chi connectivity index (χ1) is 6.84. The van der Waals surface area contributed by atoms with E-state index in [2.05, 4.69) is 20.9 Å². The highest BCUT2D eigenvalue weighted by Crippen LogP contribution is 2.38. The van der Waals surface area contributed by atoms with Crippen molar-refractivity contribution in [1.29, 1.82) is 0 Å². The Morgan fingerprint density at radius 2 is 2.67 bits per heavy atom. The third kappa shape index (κ3) is 1.57. The van der Waals surface area contributed by atoms with Gasteiger partial charge in [-0.15, -0.1) is 0 Å². The molecule has 1 rings (SSSR count). The van der Waals surface area contributed by atoms with Crippen LogP contribution in [0.1, 0.15) is 17.9 Å². The van der Waals surface area contributed by atoms with Crippen LogP contribution in [0.25, 0.3) is 0 Å². The lowest BCUT2D eigenvalue weighted by Gasteiger charge is -2.30. The van der Waals surface area contributed by atoms with E-state index in [-0.39, 0.29) is 10.5 Å².